The van der Waals surface area contributed by atoms with Gasteiger partial charge in [-0.2, -0.15) is 8.42 Å². The Bertz CT molecular complexity index is 1200. The monoisotopic (exact) mass is 459 g/mol. The molecule has 0 saturated carbocycles. The van der Waals surface area contributed by atoms with Gasteiger partial charge in [-0.3, -0.25) is 0 Å². The van der Waals surface area contributed by atoms with E-state index >= 15 is 0 Å². The second-order valence-electron chi connectivity index (χ2n) is 6.99. The third kappa shape index (κ3) is 5.00. The summed E-state index contributed by atoms with van der Waals surface area (Å²) >= 11 is 4.13. The Morgan fingerprint density at radius 3 is 2.23 bits per heavy atom. The molecule has 6 nitrogen and oxygen atoms in total. The Labute approximate surface area is 184 Å². The molecule has 0 atom stereocenters. The molecule has 3 aromatic carbocycles. The van der Waals surface area contributed by atoms with E-state index in [1.807, 2.05) is 36.4 Å². The zero-order valence-electron chi connectivity index (χ0n) is 16.1. The van der Waals surface area contributed by atoms with Gasteiger partial charge >= 0.3 is 16.6 Å². The van der Waals surface area contributed by atoms with Crippen LogP contribution < -0.4 is 9.50 Å². The first kappa shape index (κ1) is 21.2. The van der Waals surface area contributed by atoms with Crippen LogP contribution in [0.15, 0.2) is 71.6 Å². The van der Waals surface area contributed by atoms with E-state index in [1.165, 1.54) is 12.1 Å². The number of ether oxygens (including phenoxy) is 1. The zero-order valence-corrected chi connectivity index (χ0v) is 17.8. The number of carbonyl (C=O) groups excluding carboxylic acids is 1. The highest BCUT2D eigenvalue weighted by Crippen LogP contribution is 2.44. The summed E-state index contributed by atoms with van der Waals surface area (Å²) in [5, 5.41) is 2.59. The molecular weight excluding hydrogens is 441 g/mol. The molecule has 31 heavy (non-hydrogen) atoms. The standard InChI is InChI=1S/C22H18FNO5S2/c23-31(26,27)29-15-9-14(10-16(30)11-15)12-24-22(25)28-13-21-19-7-3-1-5-17(19)18-6-2-4-8-20(18)21/h1-11,21,30H,12-13H2,(H,24,25). The lowest BCUT2D eigenvalue weighted by atomic mass is 9.98. The van der Waals surface area contributed by atoms with Crippen molar-refractivity contribution in [2.45, 2.75) is 17.4 Å². The first-order valence-electron chi connectivity index (χ1n) is 9.36. The molecule has 0 saturated heterocycles. The fraction of sp³-hybridized carbons (Fsp3) is 0.136. The predicted octanol–water partition coefficient (Wildman–Crippen LogP) is 4.61. The van der Waals surface area contributed by atoms with Crippen molar-refractivity contribution >= 4 is 29.2 Å². The lowest BCUT2D eigenvalue weighted by molar-refractivity contribution is 0.142. The molecule has 3 aromatic rings. The average Bonchev–Trinajstić information content (AvgIpc) is 3.03. The Kier molecular flexibility index (Phi) is 5.88. The Morgan fingerprint density at radius 1 is 1.00 bits per heavy atom. The number of amides is 1. The van der Waals surface area contributed by atoms with Gasteiger partial charge in [0.2, 0.25) is 0 Å². The van der Waals surface area contributed by atoms with Crippen LogP contribution in [0, 0.1) is 0 Å². The molecule has 1 aliphatic rings. The molecule has 1 amide bonds. The van der Waals surface area contributed by atoms with Gasteiger partial charge in [0, 0.05) is 17.4 Å². The first-order valence-corrected chi connectivity index (χ1v) is 11.1. The molecule has 1 N–H and O–H groups in total. The van der Waals surface area contributed by atoms with Crippen LogP contribution >= 0.6 is 12.6 Å². The maximum absolute atomic E-state index is 12.7. The van der Waals surface area contributed by atoms with Gasteiger partial charge in [-0.15, -0.1) is 12.6 Å². The van der Waals surface area contributed by atoms with Gasteiger partial charge in [0.15, 0.2) is 0 Å². The van der Waals surface area contributed by atoms with Crippen LogP contribution in [0.2, 0.25) is 0 Å². The molecule has 0 spiro atoms. The maximum Gasteiger partial charge on any atom is 0.488 e. The molecule has 9 heteroatoms. The number of carbonyl (C=O) groups is 1. The van der Waals surface area contributed by atoms with E-state index in [9.17, 15) is 17.1 Å². The van der Waals surface area contributed by atoms with Gasteiger partial charge in [-0.05, 0) is 46.0 Å². The van der Waals surface area contributed by atoms with Crippen molar-refractivity contribution in [2.75, 3.05) is 6.61 Å². The molecule has 4 rings (SSSR count). The number of rotatable bonds is 6. The Hall–Kier alpha value is -3.04. The summed E-state index contributed by atoms with van der Waals surface area (Å²) in [6.07, 6.45) is -0.632. The summed E-state index contributed by atoms with van der Waals surface area (Å²) in [7, 11) is -5.15. The van der Waals surface area contributed by atoms with Crippen LogP contribution in [0.3, 0.4) is 0 Å². The van der Waals surface area contributed by atoms with Crippen LogP contribution in [-0.4, -0.2) is 21.1 Å². The van der Waals surface area contributed by atoms with Crippen molar-refractivity contribution in [3.8, 4) is 16.9 Å². The molecule has 1 aliphatic carbocycles. The van der Waals surface area contributed by atoms with E-state index in [1.54, 1.807) is 6.07 Å². The van der Waals surface area contributed by atoms with E-state index in [2.05, 4.69) is 34.3 Å². The Morgan fingerprint density at radius 2 is 1.61 bits per heavy atom. The van der Waals surface area contributed by atoms with E-state index in [0.29, 0.717) is 10.5 Å². The van der Waals surface area contributed by atoms with Crippen molar-refractivity contribution in [3.63, 3.8) is 0 Å². The van der Waals surface area contributed by atoms with Gasteiger partial charge in [-0.25, -0.2) is 4.79 Å². The van der Waals surface area contributed by atoms with Gasteiger partial charge in [-0.1, -0.05) is 52.4 Å². The molecular formula is C22H18FNO5S2. The SMILES string of the molecule is O=C(NCc1cc(S)cc(OS(=O)(=O)F)c1)OCC1c2ccccc2-c2ccccc21. The molecule has 0 unspecified atom stereocenters. The average molecular weight is 460 g/mol. The van der Waals surface area contributed by atoms with Crippen LogP contribution in [0.5, 0.6) is 5.75 Å². The number of nitrogens with one attached hydrogen (secondary N) is 1. The minimum Gasteiger partial charge on any atom is -0.449 e. The van der Waals surface area contributed by atoms with Crippen LogP contribution in [0.25, 0.3) is 11.1 Å². The maximum atomic E-state index is 12.7. The molecule has 160 valence electrons. The fourth-order valence-electron chi connectivity index (χ4n) is 3.73. The highest BCUT2D eigenvalue weighted by molar-refractivity contribution is 7.81. The quantitative estimate of drug-likeness (QED) is 0.416. The summed E-state index contributed by atoms with van der Waals surface area (Å²) in [5.74, 6) is -0.298. The van der Waals surface area contributed by atoms with Gasteiger partial charge < -0.3 is 14.2 Å². The van der Waals surface area contributed by atoms with Crippen molar-refractivity contribution in [3.05, 3.63) is 83.4 Å². The number of fused-ring (bicyclic) bond motifs is 3. The number of hydrogen-bond donors (Lipinski definition) is 2. The van der Waals surface area contributed by atoms with Crippen molar-refractivity contribution in [1.29, 1.82) is 0 Å². The van der Waals surface area contributed by atoms with Crippen molar-refractivity contribution in [1.82, 2.24) is 5.32 Å². The van der Waals surface area contributed by atoms with Crippen LogP contribution in [-0.2, 0) is 21.8 Å². The summed E-state index contributed by atoms with van der Waals surface area (Å²) in [4.78, 5) is 12.6. The topological polar surface area (TPSA) is 81.7 Å². The van der Waals surface area contributed by atoms with E-state index < -0.39 is 16.6 Å². The minimum atomic E-state index is -5.15. The zero-order chi connectivity index (χ0) is 22.0. The highest BCUT2D eigenvalue weighted by Gasteiger charge is 2.28. The minimum absolute atomic E-state index is 0.0216. The van der Waals surface area contributed by atoms with Crippen molar-refractivity contribution in [2.24, 2.45) is 0 Å². The number of thiol groups is 1. The van der Waals surface area contributed by atoms with Gasteiger partial charge in [0.05, 0.1) is 0 Å². The van der Waals surface area contributed by atoms with Gasteiger partial charge in [0.1, 0.15) is 12.4 Å². The number of hydrogen-bond acceptors (Lipinski definition) is 6. The lowest BCUT2D eigenvalue weighted by Gasteiger charge is -2.15. The molecule has 0 heterocycles. The number of halogens is 1. The molecule has 0 fully saturated rings. The lowest BCUT2D eigenvalue weighted by Crippen LogP contribution is -2.25. The largest absolute Gasteiger partial charge is 0.488 e. The molecule has 0 aromatic heterocycles. The Balaban J connectivity index is 1.40. The van der Waals surface area contributed by atoms with Crippen molar-refractivity contribution < 1.29 is 26.0 Å². The molecule has 0 aliphatic heterocycles. The highest BCUT2D eigenvalue weighted by atomic mass is 32.3. The second-order valence-corrected chi connectivity index (χ2v) is 8.46. The second kappa shape index (κ2) is 8.60. The van der Waals surface area contributed by atoms with E-state index in [4.69, 9.17) is 4.74 Å². The molecule has 0 bridgehead atoms. The van der Waals surface area contributed by atoms with E-state index in [-0.39, 0.29) is 24.8 Å². The predicted molar refractivity (Wildman–Crippen MR) is 116 cm³/mol. The van der Waals surface area contributed by atoms with Gasteiger partial charge in [0.25, 0.3) is 0 Å². The smallest absolute Gasteiger partial charge is 0.449 e. The summed E-state index contributed by atoms with van der Waals surface area (Å²) in [5.41, 5.74) is 4.95. The third-order valence-corrected chi connectivity index (χ3v) is 5.58. The summed E-state index contributed by atoms with van der Waals surface area (Å²) in [6.45, 7) is 0.189. The van der Waals surface area contributed by atoms with Crippen LogP contribution in [0.4, 0.5) is 8.68 Å². The normalized spacial score (nSPS) is 12.7. The molecule has 0 radical (unpaired) electrons. The number of alkyl carbamates (subject to hydrolysis) is 1. The third-order valence-electron chi connectivity index (χ3n) is 4.93. The summed E-state index contributed by atoms with van der Waals surface area (Å²) < 4.78 is 43.8. The fourth-order valence-corrected chi connectivity index (χ4v) is 4.35. The first-order chi connectivity index (χ1) is 14.8. The summed E-state index contributed by atoms with van der Waals surface area (Å²) in [6, 6.07) is 20.2. The van der Waals surface area contributed by atoms with E-state index in [0.717, 1.165) is 22.3 Å². The van der Waals surface area contributed by atoms with Crippen LogP contribution in [0.1, 0.15) is 22.6 Å². The number of benzene rings is 3.